The number of amides is 1. The number of fused-ring (bicyclic) bond motifs is 1. The van der Waals surface area contributed by atoms with Gasteiger partial charge in [-0.2, -0.15) is 17.0 Å². The van der Waals surface area contributed by atoms with Crippen LogP contribution in [-0.4, -0.2) is 28.2 Å². The zero-order valence-corrected chi connectivity index (χ0v) is 18.8. The number of aromatic nitrogens is 2. The lowest BCUT2D eigenvalue weighted by atomic mass is 10.1. The van der Waals surface area contributed by atoms with Crippen molar-refractivity contribution in [3.8, 4) is 17.7 Å². The number of aryl methyl sites for hydroxylation is 2. The van der Waals surface area contributed by atoms with Crippen LogP contribution in [0.4, 0.5) is 0 Å². The van der Waals surface area contributed by atoms with Gasteiger partial charge in [0.25, 0.3) is 5.91 Å². The predicted octanol–water partition coefficient (Wildman–Crippen LogP) is 5.10. The molecule has 0 saturated carbocycles. The van der Waals surface area contributed by atoms with Crippen LogP contribution in [-0.2, 0) is 5.75 Å². The summed E-state index contributed by atoms with van der Waals surface area (Å²) in [6.07, 6.45) is 1.59. The lowest BCUT2D eigenvalue weighted by Gasteiger charge is -2.06. The van der Waals surface area contributed by atoms with Gasteiger partial charge in [-0.05, 0) is 43.2 Å². The number of nitrogens with one attached hydrogen (secondary N) is 1. The second-order valence-corrected chi connectivity index (χ2v) is 9.03. The summed E-state index contributed by atoms with van der Waals surface area (Å²) in [6.45, 7) is 4.41. The molecule has 0 unspecified atom stereocenters. The number of hydrogen-bond donors (Lipinski definition) is 1. The van der Waals surface area contributed by atoms with E-state index in [1.165, 1.54) is 11.3 Å². The Hall–Kier alpha value is -3.15. The van der Waals surface area contributed by atoms with Gasteiger partial charge in [0.05, 0.1) is 28.5 Å². The lowest BCUT2D eigenvalue weighted by molar-refractivity contribution is 0.0959. The van der Waals surface area contributed by atoms with E-state index < -0.39 is 0 Å². The summed E-state index contributed by atoms with van der Waals surface area (Å²) in [6, 6.07) is 13.4. The normalized spacial score (nSPS) is 10.9. The first-order valence-corrected chi connectivity index (χ1v) is 11.7. The van der Waals surface area contributed by atoms with Crippen molar-refractivity contribution >= 4 is 39.2 Å². The van der Waals surface area contributed by atoms with Crippen LogP contribution in [0.2, 0.25) is 0 Å². The Kier molecular flexibility index (Phi) is 6.35. The summed E-state index contributed by atoms with van der Waals surface area (Å²) in [5.41, 5.74) is 3.45. The Labute approximate surface area is 188 Å². The fourth-order valence-corrected chi connectivity index (χ4v) is 5.34. The van der Waals surface area contributed by atoms with E-state index in [1.807, 2.05) is 44.2 Å². The van der Waals surface area contributed by atoms with Gasteiger partial charge in [0.1, 0.15) is 4.83 Å². The number of nitriles is 1. The second kappa shape index (κ2) is 9.33. The first kappa shape index (κ1) is 21.1. The molecule has 3 aromatic heterocycles. The quantitative estimate of drug-likeness (QED) is 0.395. The number of carbonyl (C=O) groups is 1. The van der Waals surface area contributed by atoms with E-state index in [0.717, 1.165) is 38.5 Å². The maximum absolute atomic E-state index is 12.8. The average Bonchev–Trinajstić information content (AvgIpc) is 3.42. The van der Waals surface area contributed by atoms with Gasteiger partial charge in [0.2, 0.25) is 0 Å². The molecule has 0 radical (unpaired) electrons. The molecule has 0 saturated heterocycles. The van der Waals surface area contributed by atoms with E-state index in [9.17, 15) is 4.79 Å². The highest BCUT2D eigenvalue weighted by Crippen LogP contribution is 2.33. The molecule has 0 bridgehead atoms. The van der Waals surface area contributed by atoms with Gasteiger partial charge in [-0.15, -0.1) is 11.3 Å². The number of nitrogens with zero attached hydrogens (tertiary/aromatic N) is 3. The van der Waals surface area contributed by atoms with E-state index in [-0.39, 0.29) is 5.91 Å². The summed E-state index contributed by atoms with van der Waals surface area (Å²) < 4.78 is 5.41. The predicted molar refractivity (Wildman–Crippen MR) is 124 cm³/mol. The highest BCUT2D eigenvalue weighted by Gasteiger charge is 2.20. The summed E-state index contributed by atoms with van der Waals surface area (Å²) in [7, 11) is 0. The van der Waals surface area contributed by atoms with Gasteiger partial charge in [0.15, 0.2) is 11.6 Å². The number of benzene rings is 1. The number of thiophene rings is 1. The first-order chi connectivity index (χ1) is 15.1. The van der Waals surface area contributed by atoms with Crippen molar-refractivity contribution in [1.82, 2.24) is 15.3 Å². The largest absolute Gasteiger partial charge is 0.461 e. The Morgan fingerprint density at radius 2 is 2.06 bits per heavy atom. The third-order valence-corrected chi connectivity index (χ3v) is 7.04. The van der Waals surface area contributed by atoms with Crippen molar-refractivity contribution in [2.75, 3.05) is 12.3 Å². The Morgan fingerprint density at radius 3 is 2.84 bits per heavy atom. The van der Waals surface area contributed by atoms with Crippen LogP contribution in [0.3, 0.4) is 0 Å². The number of carbonyl (C=O) groups excluding carboxylic acids is 1. The molecule has 1 aromatic carbocycles. The zero-order valence-electron chi connectivity index (χ0n) is 17.1. The van der Waals surface area contributed by atoms with Gasteiger partial charge in [-0.25, -0.2) is 9.97 Å². The topological polar surface area (TPSA) is 91.8 Å². The molecule has 0 aliphatic heterocycles. The van der Waals surface area contributed by atoms with Crippen LogP contribution in [0.25, 0.3) is 21.8 Å². The Bertz CT molecular complexity index is 1270. The molecular formula is C23H20N4O2S2. The highest BCUT2D eigenvalue weighted by atomic mass is 32.2. The number of furan rings is 1. The second-order valence-electron chi connectivity index (χ2n) is 6.92. The molecule has 0 spiro atoms. The minimum absolute atomic E-state index is 0.0996. The molecule has 31 heavy (non-hydrogen) atoms. The molecule has 0 atom stereocenters. The molecule has 0 aliphatic carbocycles. The van der Waals surface area contributed by atoms with Crippen LogP contribution in [0, 0.1) is 25.2 Å². The fraction of sp³-hybridized carbons (Fsp3) is 0.217. The van der Waals surface area contributed by atoms with Crippen LogP contribution in [0.1, 0.15) is 32.1 Å². The Balaban J connectivity index is 1.40. The minimum Gasteiger partial charge on any atom is -0.461 e. The van der Waals surface area contributed by atoms with Gasteiger partial charge in [-0.1, -0.05) is 18.2 Å². The summed E-state index contributed by atoms with van der Waals surface area (Å²) in [4.78, 5) is 23.4. The molecule has 4 rings (SSSR count). The average molecular weight is 449 g/mol. The fourth-order valence-electron chi connectivity index (χ4n) is 3.33. The van der Waals surface area contributed by atoms with Crippen molar-refractivity contribution in [3.05, 3.63) is 69.9 Å². The first-order valence-electron chi connectivity index (χ1n) is 9.74. The number of hydrogen-bond acceptors (Lipinski definition) is 7. The van der Waals surface area contributed by atoms with Gasteiger partial charge < -0.3 is 9.73 Å². The summed E-state index contributed by atoms with van der Waals surface area (Å²) in [5, 5.41) is 13.1. The van der Waals surface area contributed by atoms with Crippen LogP contribution >= 0.6 is 23.1 Å². The maximum atomic E-state index is 12.8. The number of rotatable bonds is 7. The molecule has 4 aromatic rings. The van der Waals surface area contributed by atoms with Gasteiger partial charge >= 0.3 is 0 Å². The standard InChI is InChI=1S/C23H20N4O2S2/c1-14-19-15(2)26-21(18-8-5-10-29-18)27-23(19)31-20(14)22(28)25-9-11-30-13-17-7-4-3-6-16(17)12-24/h3-8,10H,9,11,13H2,1-2H3,(H,25,28). The molecule has 0 aliphatic rings. The molecule has 0 fully saturated rings. The van der Waals surface area contributed by atoms with Crippen molar-refractivity contribution in [2.24, 2.45) is 0 Å². The van der Waals surface area contributed by atoms with E-state index in [1.54, 1.807) is 24.1 Å². The highest BCUT2D eigenvalue weighted by molar-refractivity contribution is 7.98. The van der Waals surface area contributed by atoms with Gasteiger partial charge in [-0.3, -0.25) is 4.79 Å². The SMILES string of the molecule is Cc1nc(-c2ccco2)nc2sc(C(=O)NCCSCc3ccccc3C#N)c(C)c12. The van der Waals surface area contributed by atoms with E-state index in [4.69, 9.17) is 9.68 Å². The zero-order chi connectivity index (χ0) is 21.8. The molecule has 3 heterocycles. The van der Waals surface area contributed by atoms with Crippen molar-refractivity contribution in [2.45, 2.75) is 19.6 Å². The van der Waals surface area contributed by atoms with Gasteiger partial charge in [0, 0.05) is 23.4 Å². The van der Waals surface area contributed by atoms with Crippen molar-refractivity contribution < 1.29 is 9.21 Å². The lowest BCUT2D eigenvalue weighted by Crippen LogP contribution is -2.25. The minimum atomic E-state index is -0.0996. The van der Waals surface area contributed by atoms with E-state index >= 15 is 0 Å². The van der Waals surface area contributed by atoms with Crippen molar-refractivity contribution in [3.63, 3.8) is 0 Å². The van der Waals surface area contributed by atoms with Crippen molar-refractivity contribution in [1.29, 1.82) is 5.26 Å². The molecular weight excluding hydrogens is 428 g/mol. The van der Waals surface area contributed by atoms with Crippen LogP contribution < -0.4 is 5.32 Å². The van der Waals surface area contributed by atoms with E-state index in [0.29, 0.717) is 28.6 Å². The maximum Gasteiger partial charge on any atom is 0.261 e. The molecule has 6 nitrogen and oxygen atoms in total. The van der Waals surface area contributed by atoms with E-state index in [2.05, 4.69) is 21.4 Å². The van der Waals surface area contributed by atoms with Crippen LogP contribution in [0.5, 0.6) is 0 Å². The molecule has 1 amide bonds. The third kappa shape index (κ3) is 4.48. The summed E-state index contributed by atoms with van der Waals surface area (Å²) >= 11 is 3.07. The molecule has 156 valence electrons. The monoisotopic (exact) mass is 448 g/mol. The number of thioether (sulfide) groups is 1. The smallest absolute Gasteiger partial charge is 0.261 e. The summed E-state index contributed by atoms with van der Waals surface area (Å²) in [5.74, 6) is 2.54. The third-order valence-electron chi connectivity index (χ3n) is 4.85. The molecule has 1 N–H and O–H groups in total. The molecule has 8 heteroatoms. The Morgan fingerprint density at radius 1 is 1.23 bits per heavy atom. The van der Waals surface area contributed by atoms with Crippen LogP contribution in [0.15, 0.2) is 47.1 Å².